The summed E-state index contributed by atoms with van der Waals surface area (Å²) in [5.41, 5.74) is 7.67. The summed E-state index contributed by atoms with van der Waals surface area (Å²) in [7, 11) is 3.17. The Kier molecular flexibility index (Phi) is 7.21. The lowest BCUT2D eigenvalue weighted by Crippen LogP contribution is -2.22. The highest BCUT2D eigenvalue weighted by Gasteiger charge is 2.17. The standard InChI is InChI=1S/C17H18BrN3O4.HI/c1-22-13-4-3-11(7-14(13)23-2)21-17(19)20-8-10-5-12(18)16-15(6-10)24-9-25-16;/h3-7H,8-9H2,1-2H3,(H3,19,20,21);1H. The van der Waals surface area contributed by atoms with E-state index in [1.165, 1.54) is 0 Å². The number of fused-ring (bicyclic) bond motifs is 1. The Hall–Kier alpha value is -1.88. The minimum absolute atomic E-state index is 0. The number of benzene rings is 2. The molecule has 3 rings (SSSR count). The molecule has 9 heteroatoms. The summed E-state index contributed by atoms with van der Waals surface area (Å²) in [6.07, 6.45) is 0. The Morgan fingerprint density at radius 3 is 2.69 bits per heavy atom. The fraction of sp³-hybridized carbons (Fsp3) is 0.235. The van der Waals surface area contributed by atoms with Crippen LogP contribution in [0, 0.1) is 0 Å². The molecule has 2 aromatic rings. The number of nitrogens with zero attached hydrogens (tertiary/aromatic N) is 1. The molecule has 0 spiro atoms. The van der Waals surface area contributed by atoms with Crippen molar-refractivity contribution in [1.29, 1.82) is 0 Å². The maximum Gasteiger partial charge on any atom is 0.231 e. The normalized spacial score (nSPS) is 12.3. The number of rotatable bonds is 5. The van der Waals surface area contributed by atoms with Gasteiger partial charge in [0.2, 0.25) is 6.79 Å². The highest BCUT2D eigenvalue weighted by atomic mass is 127. The molecule has 0 unspecified atom stereocenters. The van der Waals surface area contributed by atoms with Gasteiger partial charge in [0.25, 0.3) is 0 Å². The van der Waals surface area contributed by atoms with Crippen LogP contribution in [0.25, 0.3) is 0 Å². The molecule has 1 heterocycles. The van der Waals surface area contributed by atoms with Crippen molar-refractivity contribution < 1.29 is 18.9 Å². The van der Waals surface area contributed by atoms with Crippen molar-refractivity contribution >= 4 is 51.6 Å². The predicted molar refractivity (Wildman–Crippen MR) is 114 cm³/mol. The van der Waals surface area contributed by atoms with Crippen LogP contribution in [0.15, 0.2) is 39.8 Å². The van der Waals surface area contributed by atoms with Crippen LogP contribution < -0.4 is 30.0 Å². The van der Waals surface area contributed by atoms with Crippen molar-refractivity contribution in [2.24, 2.45) is 10.7 Å². The molecular formula is C17H19BrIN3O4. The van der Waals surface area contributed by atoms with Gasteiger partial charge in [0.05, 0.1) is 25.2 Å². The number of halogens is 2. The van der Waals surface area contributed by atoms with Gasteiger partial charge in [0.1, 0.15) is 0 Å². The van der Waals surface area contributed by atoms with Gasteiger partial charge in [-0.05, 0) is 45.8 Å². The number of guanidine groups is 1. The molecule has 0 aliphatic carbocycles. The largest absolute Gasteiger partial charge is 0.493 e. The van der Waals surface area contributed by atoms with E-state index < -0.39 is 0 Å². The zero-order valence-corrected chi connectivity index (χ0v) is 18.2. The average Bonchev–Trinajstić information content (AvgIpc) is 3.09. The van der Waals surface area contributed by atoms with Gasteiger partial charge in [-0.25, -0.2) is 4.99 Å². The molecule has 0 fully saturated rings. The van der Waals surface area contributed by atoms with E-state index >= 15 is 0 Å². The molecule has 2 aromatic carbocycles. The highest BCUT2D eigenvalue weighted by Crippen LogP contribution is 2.40. The number of nitrogens with one attached hydrogen (secondary N) is 1. The van der Waals surface area contributed by atoms with E-state index in [4.69, 9.17) is 24.7 Å². The van der Waals surface area contributed by atoms with E-state index in [-0.39, 0.29) is 30.8 Å². The number of ether oxygens (including phenoxy) is 4. The van der Waals surface area contributed by atoms with Gasteiger partial charge >= 0.3 is 0 Å². The van der Waals surface area contributed by atoms with Crippen LogP contribution in [-0.4, -0.2) is 27.0 Å². The molecule has 26 heavy (non-hydrogen) atoms. The topological polar surface area (TPSA) is 87.3 Å². The molecular weight excluding hydrogens is 517 g/mol. The van der Waals surface area contributed by atoms with Crippen LogP contribution >= 0.6 is 39.9 Å². The summed E-state index contributed by atoms with van der Waals surface area (Å²) in [6.45, 7) is 0.630. The number of hydrogen-bond acceptors (Lipinski definition) is 5. The van der Waals surface area contributed by atoms with Crippen LogP contribution in [0.5, 0.6) is 23.0 Å². The predicted octanol–water partition coefficient (Wildman–Crippen LogP) is 3.74. The lowest BCUT2D eigenvalue weighted by Gasteiger charge is -2.11. The van der Waals surface area contributed by atoms with Gasteiger partial charge in [0, 0.05) is 11.8 Å². The maximum atomic E-state index is 5.97. The van der Waals surface area contributed by atoms with Gasteiger partial charge in [-0.2, -0.15) is 0 Å². The van der Waals surface area contributed by atoms with Crippen molar-refractivity contribution in [3.05, 3.63) is 40.4 Å². The summed E-state index contributed by atoms with van der Waals surface area (Å²) in [5.74, 6) is 2.96. The summed E-state index contributed by atoms with van der Waals surface area (Å²) in [5, 5.41) is 3.03. The Balaban J connectivity index is 0.00000243. The van der Waals surface area contributed by atoms with Crippen LogP contribution in [0.2, 0.25) is 0 Å². The molecule has 1 aliphatic rings. The summed E-state index contributed by atoms with van der Waals surface area (Å²) in [6, 6.07) is 9.24. The smallest absolute Gasteiger partial charge is 0.231 e. The van der Waals surface area contributed by atoms with Gasteiger partial charge in [-0.15, -0.1) is 24.0 Å². The fourth-order valence-corrected chi connectivity index (χ4v) is 2.99. The molecule has 0 atom stereocenters. The van der Waals surface area contributed by atoms with Crippen molar-refractivity contribution in [1.82, 2.24) is 0 Å². The molecule has 0 radical (unpaired) electrons. The fourth-order valence-electron chi connectivity index (χ4n) is 2.39. The minimum atomic E-state index is 0. The molecule has 0 amide bonds. The van der Waals surface area contributed by atoms with E-state index in [9.17, 15) is 0 Å². The van der Waals surface area contributed by atoms with E-state index in [1.54, 1.807) is 26.4 Å². The first kappa shape index (κ1) is 20.4. The minimum Gasteiger partial charge on any atom is -0.493 e. The number of aliphatic imine (C=N–C) groups is 1. The first-order valence-corrected chi connectivity index (χ1v) is 8.27. The van der Waals surface area contributed by atoms with E-state index in [1.807, 2.05) is 18.2 Å². The van der Waals surface area contributed by atoms with Crippen LogP contribution in [0.4, 0.5) is 5.69 Å². The molecule has 0 saturated heterocycles. The van der Waals surface area contributed by atoms with Crippen LogP contribution in [0.1, 0.15) is 5.56 Å². The zero-order chi connectivity index (χ0) is 17.8. The zero-order valence-electron chi connectivity index (χ0n) is 14.2. The van der Waals surface area contributed by atoms with Gasteiger partial charge in [0.15, 0.2) is 29.0 Å². The summed E-state index contributed by atoms with van der Waals surface area (Å²) >= 11 is 3.46. The third-order valence-electron chi connectivity index (χ3n) is 3.57. The molecule has 3 N–H and O–H groups in total. The third-order valence-corrected chi connectivity index (χ3v) is 4.16. The third kappa shape index (κ3) is 4.64. The molecule has 140 valence electrons. The van der Waals surface area contributed by atoms with Gasteiger partial charge in [-0.1, -0.05) is 0 Å². The summed E-state index contributed by atoms with van der Waals surface area (Å²) in [4.78, 5) is 4.35. The first-order valence-electron chi connectivity index (χ1n) is 7.47. The maximum absolute atomic E-state index is 5.97. The Bertz CT molecular complexity index is 817. The number of methoxy groups -OCH3 is 2. The average molecular weight is 536 g/mol. The summed E-state index contributed by atoms with van der Waals surface area (Å²) < 4.78 is 22.1. The van der Waals surface area contributed by atoms with E-state index in [0.29, 0.717) is 35.5 Å². The molecule has 7 nitrogen and oxygen atoms in total. The van der Waals surface area contributed by atoms with Crippen molar-refractivity contribution in [2.75, 3.05) is 26.3 Å². The lowest BCUT2D eigenvalue weighted by molar-refractivity contribution is 0.173. The van der Waals surface area contributed by atoms with E-state index in [0.717, 1.165) is 15.7 Å². The Morgan fingerprint density at radius 1 is 1.19 bits per heavy atom. The monoisotopic (exact) mass is 535 g/mol. The second-order valence-corrected chi connectivity index (χ2v) is 6.06. The lowest BCUT2D eigenvalue weighted by atomic mass is 10.2. The quantitative estimate of drug-likeness (QED) is 0.344. The van der Waals surface area contributed by atoms with Crippen molar-refractivity contribution in [3.63, 3.8) is 0 Å². The molecule has 0 bridgehead atoms. The van der Waals surface area contributed by atoms with E-state index in [2.05, 4.69) is 26.2 Å². The number of nitrogens with two attached hydrogens (primary N) is 1. The van der Waals surface area contributed by atoms with Gasteiger partial charge < -0.3 is 30.0 Å². The van der Waals surface area contributed by atoms with Crippen molar-refractivity contribution in [2.45, 2.75) is 6.54 Å². The number of hydrogen-bond donors (Lipinski definition) is 2. The van der Waals surface area contributed by atoms with Gasteiger partial charge in [-0.3, -0.25) is 0 Å². The number of anilines is 1. The molecule has 0 saturated carbocycles. The first-order chi connectivity index (χ1) is 12.1. The molecule has 0 aromatic heterocycles. The van der Waals surface area contributed by atoms with Crippen LogP contribution in [0.3, 0.4) is 0 Å². The Labute approximate surface area is 177 Å². The second kappa shape index (κ2) is 9.17. The Morgan fingerprint density at radius 2 is 1.96 bits per heavy atom. The highest BCUT2D eigenvalue weighted by molar-refractivity contribution is 14.0. The van der Waals surface area contributed by atoms with Crippen molar-refractivity contribution in [3.8, 4) is 23.0 Å². The van der Waals surface area contributed by atoms with Crippen LogP contribution in [-0.2, 0) is 6.54 Å². The SMILES string of the molecule is COc1ccc(NC(N)=NCc2cc(Br)c3c(c2)OCO3)cc1OC.I. The second-order valence-electron chi connectivity index (χ2n) is 5.21. The molecule has 1 aliphatic heterocycles.